The topological polar surface area (TPSA) is 58.2 Å². The summed E-state index contributed by atoms with van der Waals surface area (Å²) in [5, 5.41) is 3.06. The van der Waals surface area contributed by atoms with Crippen LogP contribution in [0.25, 0.3) is 0 Å². The van der Waals surface area contributed by atoms with E-state index in [1.165, 1.54) is 0 Å². The SMILES string of the molecule is CNCc1cc(S(=O)(=O)NC(C)CC(C)C)ccc1C. The Morgan fingerprint density at radius 2 is 1.85 bits per heavy atom. The molecule has 0 radical (unpaired) electrons. The molecule has 0 aliphatic rings. The summed E-state index contributed by atoms with van der Waals surface area (Å²) in [5.41, 5.74) is 2.10. The predicted octanol–water partition coefficient (Wildman–Crippen LogP) is 2.43. The minimum atomic E-state index is -3.44. The van der Waals surface area contributed by atoms with Gasteiger partial charge in [0.1, 0.15) is 0 Å². The lowest BCUT2D eigenvalue weighted by molar-refractivity contribution is 0.482. The maximum Gasteiger partial charge on any atom is 0.240 e. The smallest absolute Gasteiger partial charge is 0.240 e. The van der Waals surface area contributed by atoms with Crippen LogP contribution in [-0.2, 0) is 16.6 Å². The Kier molecular flexibility index (Phi) is 6.17. The molecule has 2 N–H and O–H groups in total. The van der Waals surface area contributed by atoms with E-state index in [1.54, 1.807) is 12.1 Å². The summed E-state index contributed by atoms with van der Waals surface area (Å²) in [6.45, 7) is 8.72. The summed E-state index contributed by atoms with van der Waals surface area (Å²) in [5.74, 6) is 0.463. The molecule has 0 saturated heterocycles. The van der Waals surface area contributed by atoms with Crippen molar-refractivity contribution in [2.45, 2.75) is 51.6 Å². The highest BCUT2D eigenvalue weighted by Gasteiger charge is 2.18. The van der Waals surface area contributed by atoms with Crippen LogP contribution in [0.4, 0.5) is 0 Å². The molecule has 5 heteroatoms. The molecule has 0 spiro atoms. The van der Waals surface area contributed by atoms with Crippen molar-refractivity contribution < 1.29 is 8.42 Å². The van der Waals surface area contributed by atoms with Crippen LogP contribution in [0, 0.1) is 12.8 Å². The van der Waals surface area contributed by atoms with Gasteiger partial charge in [-0.1, -0.05) is 19.9 Å². The molecule has 114 valence electrons. The molecular weight excluding hydrogens is 272 g/mol. The predicted molar refractivity (Wildman–Crippen MR) is 83.2 cm³/mol. The zero-order valence-electron chi connectivity index (χ0n) is 13.0. The van der Waals surface area contributed by atoms with Crippen molar-refractivity contribution in [2.75, 3.05) is 7.05 Å². The zero-order valence-corrected chi connectivity index (χ0v) is 13.8. The summed E-state index contributed by atoms with van der Waals surface area (Å²) in [4.78, 5) is 0.337. The van der Waals surface area contributed by atoms with Crippen molar-refractivity contribution >= 4 is 10.0 Å². The molecule has 0 aliphatic carbocycles. The van der Waals surface area contributed by atoms with E-state index in [1.807, 2.05) is 27.0 Å². The highest BCUT2D eigenvalue weighted by Crippen LogP contribution is 2.17. The minimum Gasteiger partial charge on any atom is -0.316 e. The second-order valence-corrected chi connectivity index (χ2v) is 7.48. The fourth-order valence-electron chi connectivity index (χ4n) is 2.28. The van der Waals surface area contributed by atoms with Crippen molar-refractivity contribution in [3.05, 3.63) is 29.3 Å². The molecule has 20 heavy (non-hydrogen) atoms. The fraction of sp³-hybridized carbons (Fsp3) is 0.600. The van der Waals surface area contributed by atoms with Gasteiger partial charge in [-0.05, 0) is 56.5 Å². The Morgan fingerprint density at radius 3 is 2.40 bits per heavy atom. The summed E-state index contributed by atoms with van der Waals surface area (Å²) >= 11 is 0. The van der Waals surface area contributed by atoms with Crippen LogP contribution in [0.3, 0.4) is 0 Å². The quantitative estimate of drug-likeness (QED) is 0.813. The van der Waals surface area contributed by atoms with Gasteiger partial charge in [-0.3, -0.25) is 0 Å². The van der Waals surface area contributed by atoms with Crippen LogP contribution in [-0.4, -0.2) is 21.5 Å². The first kappa shape index (κ1) is 17.1. The molecular formula is C15H26N2O2S. The standard InChI is InChI=1S/C15H26N2O2S/c1-11(2)8-13(4)17-20(18,19)15-7-6-12(3)14(9-15)10-16-5/h6-7,9,11,13,16-17H,8,10H2,1-5H3. The van der Waals surface area contributed by atoms with Gasteiger partial charge in [0.2, 0.25) is 10.0 Å². The van der Waals surface area contributed by atoms with E-state index in [4.69, 9.17) is 0 Å². The van der Waals surface area contributed by atoms with Crippen LogP contribution < -0.4 is 10.0 Å². The van der Waals surface area contributed by atoms with Crippen LogP contribution >= 0.6 is 0 Å². The Morgan fingerprint density at radius 1 is 1.20 bits per heavy atom. The van der Waals surface area contributed by atoms with Gasteiger partial charge in [0.05, 0.1) is 4.90 Å². The van der Waals surface area contributed by atoms with E-state index >= 15 is 0 Å². The molecule has 1 unspecified atom stereocenters. The summed E-state index contributed by atoms with van der Waals surface area (Å²) < 4.78 is 27.5. The van der Waals surface area contributed by atoms with Gasteiger partial charge in [-0.15, -0.1) is 0 Å². The van der Waals surface area contributed by atoms with E-state index in [0.717, 1.165) is 17.5 Å². The van der Waals surface area contributed by atoms with Crippen molar-refractivity contribution in [1.29, 1.82) is 0 Å². The van der Waals surface area contributed by atoms with Gasteiger partial charge in [-0.25, -0.2) is 13.1 Å². The van der Waals surface area contributed by atoms with Gasteiger partial charge in [0.15, 0.2) is 0 Å². The van der Waals surface area contributed by atoms with E-state index in [-0.39, 0.29) is 6.04 Å². The number of hydrogen-bond acceptors (Lipinski definition) is 3. The first-order chi connectivity index (χ1) is 9.26. The van der Waals surface area contributed by atoms with Crippen LogP contribution in [0.1, 0.15) is 38.3 Å². The highest BCUT2D eigenvalue weighted by molar-refractivity contribution is 7.89. The van der Waals surface area contributed by atoms with Gasteiger partial charge in [-0.2, -0.15) is 0 Å². The zero-order chi connectivity index (χ0) is 15.3. The van der Waals surface area contributed by atoms with Crippen molar-refractivity contribution in [3.8, 4) is 0 Å². The molecule has 0 aromatic heterocycles. The molecule has 0 fully saturated rings. The van der Waals surface area contributed by atoms with Crippen molar-refractivity contribution in [1.82, 2.24) is 10.0 Å². The van der Waals surface area contributed by atoms with Gasteiger partial charge in [0.25, 0.3) is 0 Å². The maximum absolute atomic E-state index is 12.4. The Bertz CT molecular complexity index is 539. The molecule has 4 nitrogen and oxygen atoms in total. The molecule has 1 atom stereocenters. The van der Waals surface area contributed by atoms with Crippen molar-refractivity contribution in [3.63, 3.8) is 0 Å². The molecule has 1 rings (SSSR count). The Hall–Kier alpha value is -0.910. The normalized spacial score (nSPS) is 13.7. The molecule has 0 amide bonds. The van der Waals surface area contributed by atoms with Gasteiger partial charge in [0, 0.05) is 12.6 Å². The number of sulfonamides is 1. The van der Waals surface area contributed by atoms with Crippen LogP contribution in [0.15, 0.2) is 23.1 Å². The molecule has 0 heterocycles. The summed E-state index contributed by atoms with van der Waals surface area (Å²) in [6.07, 6.45) is 0.828. The van der Waals surface area contributed by atoms with Gasteiger partial charge >= 0.3 is 0 Å². The first-order valence-electron chi connectivity index (χ1n) is 7.02. The second kappa shape index (κ2) is 7.20. The largest absolute Gasteiger partial charge is 0.316 e. The number of nitrogens with one attached hydrogen (secondary N) is 2. The second-order valence-electron chi connectivity index (χ2n) is 5.77. The molecule has 0 bridgehead atoms. The third-order valence-corrected chi connectivity index (χ3v) is 4.77. The molecule has 1 aromatic rings. The number of benzene rings is 1. The minimum absolute atomic E-state index is 0.0611. The lowest BCUT2D eigenvalue weighted by Gasteiger charge is -2.17. The van der Waals surface area contributed by atoms with Crippen molar-refractivity contribution in [2.24, 2.45) is 5.92 Å². The van der Waals surface area contributed by atoms with E-state index < -0.39 is 10.0 Å². The van der Waals surface area contributed by atoms with Gasteiger partial charge < -0.3 is 5.32 Å². The Labute approximate surface area is 123 Å². The fourth-order valence-corrected chi connectivity index (χ4v) is 3.59. The summed E-state index contributed by atoms with van der Waals surface area (Å²) in [6, 6.07) is 5.21. The third kappa shape index (κ3) is 4.89. The number of aryl methyl sites for hydroxylation is 1. The van der Waals surface area contributed by atoms with Crippen LogP contribution in [0.5, 0.6) is 0 Å². The lowest BCUT2D eigenvalue weighted by atomic mass is 10.1. The number of rotatable bonds is 7. The van der Waals surface area contributed by atoms with E-state index in [0.29, 0.717) is 17.4 Å². The highest BCUT2D eigenvalue weighted by atomic mass is 32.2. The Balaban J connectivity index is 2.95. The number of hydrogen-bond donors (Lipinski definition) is 2. The average Bonchev–Trinajstić information content (AvgIpc) is 2.30. The monoisotopic (exact) mass is 298 g/mol. The molecule has 1 aromatic carbocycles. The van der Waals surface area contributed by atoms with Crippen LogP contribution in [0.2, 0.25) is 0 Å². The first-order valence-corrected chi connectivity index (χ1v) is 8.51. The lowest BCUT2D eigenvalue weighted by Crippen LogP contribution is -2.33. The average molecular weight is 298 g/mol. The van der Waals surface area contributed by atoms with E-state index in [2.05, 4.69) is 23.9 Å². The summed E-state index contributed by atoms with van der Waals surface area (Å²) in [7, 11) is -1.59. The molecule has 0 saturated carbocycles. The molecule has 0 aliphatic heterocycles. The maximum atomic E-state index is 12.4. The third-order valence-electron chi connectivity index (χ3n) is 3.18. The van der Waals surface area contributed by atoms with E-state index in [9.17, 15) is 8.42 Å².